The van der Waals surface area contributed by atoms with Crippen molar-refractivity contribution in [3.8, 4) is 0 Å². The number of rotatable bonds is 2. The summed E-state index contributed by atoms with van der Waals surface area (Å²) in [5, 5.41) is 2.47. The van der Waals surface area contributed by atoms with Crippen LogP contribution >= 0.6 is 0 Å². The number of alkyl halides is 3. The summed E-state index contributed by atoms with van der Waals surface area (Å²) in [4.78, 5) is 15.6. The molecule has 0 saturated carbocycles. The van der Waals surface area contributed by atoms with Crippen LogP contribution in [0.15, 0.2) is 42.7 Å². The molecule has 4 nitrogen and oxygen atoms in total. The van der Waals surface area contributed by atoms with Gasteiger partial charge in [0.05, 0.1) is 5.56 Å². The first-order valence-corrected chi connectivity index (χ1v) is 5.56. The zero-order valence-corrected chi connectivity index (χ0v) is 10.1. The Morgan fingerprint density at radius 2 is 1.80 bits per heavy atom. The van der Waals surface area contributed by atoms with Crippen molar-refractivity contribution in [3.05, 3.63) is 53.9 Å². The van der Waals surface area contributed by atoms with E-state index < -0.39 is 23.3 Å². The van der Waals surface area contributed by atoms with Gasteiger partial charge in [-0.25, -0.2) is 0 Å². The highest BCUT2D eigenvalue weighted by Crippen LogP contribution is 2.34. The number of carbonyl (C=O) groups excluding carboxylic acids is 1. The van der Waals surface area contributed by atoms with Crippen LogP contribution in [0.5, 0.6) is 0 Å². The summed E-state index contributed by atoms with van der Waals surface area (Å²) in [5.41, 5.74) is 4.14. The van der Waals surface area contributed by atoms with Crippen molar-refractivity contribution in [2.24, 2.45) is 0 Å². The van der Waals surface area contributed by atoms with Gasteiger partial charge >= 0.3 is 6.18 Å². The number of nitrogens with one attached hydrogen (secondary N) is 1. The van der Waals surface area contributed by atoms with E-state index in [1.807, 2.05) is 0 Å². The van der Waals surface area contributed by atoms with E-state index in [0.717, 1.165) is 12.1 Å². The summed E-state index contributed by atoms with van der Waals surface area (Å²) >= 11 is 0. The van der Waals surface area contributed by atoms with Gasteiger partial charge in [0.25, 0.3) is 5.91 Å². The first-order valence-electron chi connectivity index (χ1n) is 5.56. The number of amides is 1. The van der Waals surface area contributed by atoms with E-state index in [-0.39, 0.29) is 5.56 Å². The van der Waals surface area contributed by atoms with Gasteiger partial charge in [0.15, 0.2) is 0 Å². The van der Waals surface area contributed by atoms with E-state index in [2.05, 4.69) is 10.3 Å². The fourth-order valence-corrected chi connectivity index (χ4v) is 1.58. The molecule has 1 heterocycles. The maximum atomic E-state index is 12.7. The monoisotopic (exact) mass is 281 g/mol. The van der Waals surface area contributed by atoms with Crippen molar-refractivity contribution in [1.82, 2.24) is 4.98 Å². The molecule has 2 rings (SSSR count). The first kappa shape index (κ1) is 13.9. The molecule has 104 valence electrons. The predicted molar refractivity (Wildman–Crippen MR) is 68.0 cm³/mol. The van der Waals surface area contributed by atoms with E-state index in [1.165, 1.54) is 30.6 Å². The van der Waals surface area contributed by atoms with Crippen LogP contribution in [-0.4, -0.2) is 10.9 Å². The molecule has 20 heavy (non-hydrogen) atoms. The minimum atomic E-state index is -4.60. The fraction of sp³-hybridized carbons (Fsp3) is 0.0769. The van der Waals surface area contributed by atoms with Crippen molar-refractivity contribution in [2.45, 2.75) is 6.18 Å². The largest absolute Gasteiger partial charge is 0.418 e. The molecule has 0 bridgehead atoms. The summed E-state index contributed by atoms with van der Waals surface area (Å²) in [6.45, 7) is 0. The Bertz CT molecular complexity index is 627. The van der Waals surface area contributed by atoms with Crippen molar-refractivity contribution >= 4 is 17.3 Å². The number of halogens is 3. The van der Waals surface area contributed by atoms with Crippen molar-refractivity contribution in [3.63, 3.8) is 0 Å². The molecule has 1 amide bonds. The third-order valence-electron chi connectivity index (χ3n) is 2.56. The van der Waals surface area contributed by atoms with Gasteiger partial charge in [-0.3, -0.25) is 9.78 Å². The number of aromatic nitrogens is 1. The van der Waals surface area contributed by atoms with E-state index >= 15 is 0 Å². The number of hydrogen-bond acceptors (Lipinski definition) is 3. The standard InChI is InChI=1S/C13H10F3N3O/c14-13(15,16)10-7-8(1-2-11(10)17)12(20)19-9-3-5-18-6-4-9/h1-7H,17H2,(H,18,19,20). The molecule has 0 radical (unpaired) electrons. The normalized spacial score (nSPS) is 11.2. The second kappa shape index (κ2) is 5.20. The molecule has 2 aromatic rings. The number of pyridine rings is 1. The summed E-state index contributed by atoms with van der Waals surface area (Å²) in [6.07, 6.45) is -1.68. The summed E-state index contributed by atoms with van der Waals surface area (Å²) in [6, 6.07) is 6.08. The Hall–Kier alpha value is -2.57. The second-order valence-corrected chi connectivity index (χ2v) is 3.99. The number of carbonyl (C=O) groups is 1. The lowest BCUT2D eigenvalue weighted by atomic mass is 10.1. The highest BCUT2D eigenvalue weighted by atomic mass is 19.4. The Kier molecular flexibility index (Phi) is 3.60. The second-order valence-electron chi connectivity index (χ2n) is 3.99. The van der Waals surface area contributed by atoms with Gasteiger partial charge < -0.3 is 11.1 Å². The molecule has 0 fully saturated rings. The summed E-state index contributed by atoms with van der Waals surface area (Å²) in [5.74, 6) is -0.651. The molecular formula is C13H10F3N3O. The zero-order chi connectivity index (χ0) is 14.8. The van der Waals surface area contributed by atoms with Crippen LogP contribution in [0.25, 0.3) is 0 Å². The average molecular weight is 281 g/mol. The molecule has 0 unspecified atom stereocenters. The van der Waals surface area contributed by atoms with Crippen LogP contribution in [-0.2, 0) is 6.18 Å². The maximum absolute atomic E-state index is 12.7. The van der Waals surface area contributed by atoms with Gasteiger partial charge in [-0.05, 0) is 30.3 Å². The minimum absolute atomic E-state index is 0.122. The van der Waals surface area contributed by atoms with E-state index in [4.69, 9.17) is 5.73 Å². The third-order valence-corrected chi connectivity index (χ3v) is 2.56. The SMILES string of the molecule is Nc1ccc(C(=O)Nc2ccncc2)cc1C(F)(F)F. The predicted octanol–water partition coefficient (Wildman–Crippen LogP) is 2.93. The van der Waals surface area contributed by atoms with Gasteiger partial charge in [-0.2, -0.15) is 13.2 Å². The molecule has 0 saturated heterocycles. The average Bonchev–Trinajstić information content (AvgIpc) is 2.39. The van der Waals surface area contributed by atoms with Crippen molar-refractivity contribution in [1.29, 1.82) is 0 Å². The lowest BCUT2D eigenvalue weighted by Gasteiger charge is -2.11. The number of nitrogens with two attached hydrogens (primary N) is 1. The smallest absolute Gasteiger partial charge is 0.398 e. The molecule has 0 aliphatic rings. The van der Waals surface area contributed by atoms with Gasteiger partial charge in [0.2, 0.25) is 0 Å². The number of nitrogens with zero attached hydrogens (tertiary/aromatic N) is 1. The summed E-state index contributed by atoms with van der Waals surface area (Å²) < 4.78 is 38.1. The highest BCUT2D eigenvalue weighted by Gasteiger charge is 2.33. The molecule has 0 atom stereocenters. The topological polar surface area (TPSA) is 68.0 Å². The highest BCUT2D eigenvalue weighted by molar-refractivity contribution is 6.04. The molecule has 0 aliphatic heterocycles. The third kappa shape index (κ3) is 3.05. The van der Waals surface area contributed by atoms with Crippen molar-refractivity contribution in [2.75, 3.05) is 11.1 Å². The fourth-order valence-electron chi connectivity index (χ4n) is 1.58. The first-order chi connectivity index (χ1) is 9.38. The zero-order valence-electron chi connectivity index (χ0n) is 10.1. The van der Waals surface area contributed by atoms with Gasteiger partial charge in [0.1, 0.15) is 0 Å². The van der Waals surface area contributed by atoms with Crippen LogP contribution < -0.4 is 11.1 Å². The van der Waals surface area contributed by atoms with Gasteiger partial charge in [0, 0.05) is 29.3 Å². The maximum Gasteiger partial charge on any atom is 0.418 e. The van der Waals surface area contributed by atoms with Gasteiger partial charge in [-0.15, -0.1) is 0 Å². The molecular weight excluding hydrogens is 271 g/mol. The Labute approximate surface area is 112 Å². The van der Waals surface area contributed by atoms with Crippen LogP contribution in [0.3, 0.4) is 0 Å². The minimum Gasteiger partial charge on any atom is -0.398 e. The van der Waals surface area contributed by atoms with Crippen LogP contribution in [0.2, 0.25) is 0 Å². The molecule has 3 N–H and O–H groups in total. The molecule has 7 heteroatoms. The van der Waals surface area contributed by atoms with Crippen LogP contribution in [0, 0.1) is 0 Å². The Morgan fingerprint density at radius 3 is 2.40 bits per heavy atom. The Balaban J connectivity index is 2.27. The van der Waals surface area contributed by atoms with E-state index in [9.17, 15) is 18.0 Å². The van der Waals surface area contributed by atoms with E-state index in [0.29, 0.717) is 5.69 Å². The molecule has 0 spiro atoms. The van der Waals surface area contributed by atoms with Crippen LogP contribution in [0.4, 0.5) is 24.5 Å². The molecule has 0 aliphatic carbocycles. The van der Waals surface area contributed by atoms with Crippen LogP contribution in [0.1, 0.15) is 15.9 Å². The quantitative estimate of drug-likeness (QED) is 0.832. The molecule has 1 aromatic heterocycles. The lowest BCUT2D eigenvalue weighted by molar-refractivity contribution is -0.136. The van der Waals surface area contributed by atoms with Crippen molar-refractivity contribution < 1.29 is 18.0 Å². The van der Waals surface area contributed by atoms with Gasteiger partial charge in [-0.1, -0.05) is 0 Å². The number of nitrogen functional groups attached to an aromatic ring is 1. The molecule has 1 aromatic carbocycles. The number of hydrogen-bond donors (Lipinski definition) is 2. The number of anilines is 2. The lowest BCUT2D eigenvalue weighted by Crippen LogP contribution is -2.15. The van der Waals surface area contributed by atoms with E-state index in [1.54, 1.807) is 0 Å². The summed E-state index contributed by atoms with van der Waals surface area (Å²) in [7, 11) is 0. The Morgan fingerprint density at radius 1 is 1.15 bits per heavy atom. The number of benzene rings is 1.